The largest absolute Gasteiger partial charge is 0.394 e. The number of aromatic nitrogens is 1. The van der Waals surface area contributed by atoms with E-state index in [9.17, 15) is 4.79 Å². The number of rotatable bonds is 0. The molecular weight excluding hydrogens is 320 g/mol. The highest BCUT2D eigenvalue weighted by atomic mass is 32.3. The van der Waals surface area contributed by atoms with Crippen molar-refractivity contribution in [1.29, 1.82) is 0 Å². The lowest BCUT2D eigenvalue weighted by Gasteiger charge is -2.45. The average molecular weight is 340 g/mol. The highest BCUT2D eigenvalue weighted by Crippen LogP contribution is 2.47. The predicted molar refractivity (Wildman–Crippen MR) is 86.4 cm³/mol. The first-order valence-corrected chi connectivity index (χ1v) is 8.49. The summed E-state index contributed by atoms with van der Waals surface area (Å²) in [6.45, 7) is 4.19. The van der Waals surface area contributed by atoms with Crippen LogP contribution in [0.5, 0.6) is 0 Å². The van der Waals surface area contributed by atoms with E-state index in [1.165, 1.54) is 11.1 Å². The molecule has 126 valence electrons. The molecule has 1 aromatic heterocycles. The van der Waals surface area contributed by atoms with Crippen LogP contribution >= 0.6 is 0 Å². The summed E-state index contributed by atoms with van der Waals surface area (Å²) >= 11 is 0. The molecule has 3 rings (SSSR count). The summed E-state index contributed by atoms with van der Waals surface area (Å²) in [5.41, 5.74) is 10.9. The van der Waals surface area contributed by atoms with Crippen LogP contribution in [0, 0.1) is 5.92 Å². The van der Waals surface area contributed by atoms with Gasteiger partial charge in [0.1, 0.15) is 0 Å². The van der Waals surface area contributed by atoms with Crippen molar-refractivity contribution in [2.45, 2.75) is 32.2 Å². The number of nitrogens with two attached hydrogens (primary N) is 1. The summed E-state index contributed by atoms with van der Waals surface area (Å²) in [7, 11) is -4.67. The number of hydrogen-bond acceptors (Lipinski definition) is 4. The number of aromatic amines is 1. The Hall–Kier alpha value is -1.74. The molecule has 2 bridgehead atoms. The smallest absolute Gasteiger partial charge is 0.326 e. The summed E-state index contributed by atoms with van der Waals surface area (Å²) < 4.78 is 31.6. The molecule has 7 nitrogen and oxygen atoms in total. The molecule has 2 aliphatic carbocycles. The molecule has 0 unspecified atom stereocenters. The van der Waals surface area contributed by atoms with E-state index in [2.05, 4.69) is 31.0 Å². The van der Waals surface area contributed by atoms with Crippen molar-refractivity contribution in [3.8, 4) is 0 Å². The second kappa shape index (κ2) is 6.04. The SMILES string of the molecule is C/C=C1\[C@@H]2C=C(C)C[C@@]1(N)c1ccc(=O)[nH]c1C2.O=S(=O)(O)O. The molecule has 0 amide bonds. The van der Waals surface area contributed by atoms with Crippen LogP contribution in [0.4, 0.5) is 0 Å². The van der Waals surface area contributed by atoms with E-state index in [-0.39, 0.29) is 5.56 Å². The number of fused-ring (bicyclic) bond motifs is 4. The minimum absolute atomic E-state index is 0.0416. The van der Waals surface area contributed by atoms with E-state index in [1.807, 2.05) is 6.07 Å². The van der Waals surface area contributed by atoms with Gasteiger partial charge in [-0.25, -0.2) is 0 Å². The lowest BCUT2D eigenvalue weighted by molar-refractivity contribution is 0.381. The number of hydrogen-bond donors (Lipinski definition) is 4. The van der Waals surface area contributed by atoms with Crippen LogP contribution in [0.15, 0.2) is 40.2 Å². The zero-order chi connectivity index (χ0) is 17.4. The number of H-pyrrole nitrogens is 1. The maximum absolute atomic E-state index is 11.5. The van der Waals surface area contributed by atoms with Crippen LogP contribution in [-0.4, -0.2) is 22.5 Å². The molecule has 1 heterocycles. The van der Waals surface area contributed by atoms with Gasteiger partial charge in [0.05, 0.1) is 5.54 Å². The molecule has 0 radical (unpaired) electrons. The normalized spacial score (nSPS) is 27.6. The van der Waals surface area contributed by atoms with Gasteiger partial charge in [0, 0.05) is 17.7 Å². The van der Waals surface area contributed by atoms with Gasteiger partial charge >= 0.3 is 10.4 Å². The zero-order valence-electron chi connectivity index (χ0n) is 12.9. The van der Waals surface area contributed by atoms with Crippen molar-refractivity contribution in [2.24, 2.45) is 11.7 Å². The molecule has 0 spiro atoms. The highest BCUT2D eigenvalue weighted by molar-refractivity contribution is 7.79. The van der Waals surface area contributed by atoms with Crippen molar-refractivity contribution in [3.63, 3.8) is 0 Å². The van der Waals surface area contributed by atoms with Crippen LogP contribution in [0.3, 0.4) is 0 Å². The molecule has 8 heteroatoms. The molecule has 1 aromatic rings. The van der Waals surface area contributed by atoms with E-state index in [0.717, 1.165) is 24.1 Å². The van der Waals surface area contributed by atoms with Gasteiger partial charge in [-0.1, -0.05) is 17.7 Å². The van der Waals surface area contributed by atoms with Gasteiger partial charge in [-0.3, -0.25) is 13.9 Å². The fourth-order valence-electron chi connectivity index (χ4n) is 3.57. The van der Waals surface area contributed by atoms with Crippen molar-refractivity contribution >= 4 is 10.4 Å². The van der Waals surface area contributed by atoms with Gasteiger partial charge in [0.2, 0.25) is 5.56 Å². The average Bonchev–Trinajstić information content (AvgIpc) is 2.34. The van der Waals surface area contributed by atoms with Gasteiger partial charge in [-0.15, -0.1) is 0 Å². The van der Waals surface area contributed by atoms with Crippen LogP contribution in [0.2, 0.25) is 0 Å². The summed E-state index contributed by atoms with van der Waals surface area (Å²) in [6, 6.07) is 3.47. The number of pyridine rings is 1. The maximum Gasteiger partial charge on any atom is 0.394 e. The molecule has 2 atom stereocenters. The molecule has 0 aromatic carbocycles. The Kier molecular flexibility index (Phi) is 4.63. The lowest BCUT2D eigenvalue weighted by Crippen LogP contribution is -2.48. The maximum atomic E-state index is 11.5. The molecule has 0 fully saturated rings. The first-order chi connectivity index (χ1) is 10.5. The van der Waals surface area contributed by atoms with Crippen LogP contribution in [0.25, 0.3) is 0 Å². The fourth-order valence-corrected chi connectivity index (χ4v) is 3.57. The molecule has 5 N–H and O–H groups in total. The number of nitrogens with one attached hydrogen (secondary N) is 1. The van der Waals surface area contributed by atoms with Crippen LogP contribution < -0.4 is 11.3 Å². The number of allylic oxidation sites excluding steroid dienone is 2. The van der Waals surface area contributed by atoms with E-state index >= 15 is 0 Å². The first-order valence-electron chi connectivity index (χ1n) is 7.10. The molecule has 0 saturated heterocycles. The second-order valence-corrected chi connectivity index (χ2v) is 6.77. The zero-order valence-corrected chi connectivity index (χ0v) is 13.7. The summed E-state index contributed by atoms with van der Waals surface area (Å²) in [5.74, 6) is 0.333. The highest BCUT2D eigenvalue weighted by Gasteiger charge is 2.43. The van der Waals surface area contributed by atoms with Gasteiger partial charge in [-0.05, 0) is 43.9 Å². The van der Waals surface area contributed by atoms with Crippen molar-refractivity contribution in [2.75, 3.05) is 0 Å². The Bertz CT molecular complexity index is 830. The van der Waals surface area contributed by atoms with E-state index in [4.69, 9.17) is 23.3 Å². The standard InChI is InChI=1S/C15H18N2O.H2O4S/c1-3-11-10-6-9(2)8-15(11,16)12-4-5-14(18)17-13(12)7-10;1-5(2,3)4/h3-6,10H,7-8,16H2,1-2H3,(H,17,18);(H2,1,2,3,4)/b11-3+;/t10-,15+;/m1./s1. The second-order valence-electron chi connectivity index (χ2n) is 5.88. The van der Waals surface area contributed by atoms with E-state index in [1.54, 1.807) is 6.07 Å². The van der Waals surface area contributed by atoms with Gasteiger partial charge in [0.15, 0.2) is 0 Å². The summed E-state index contributed by atoms with van der Waals surface area (Å²) in [5, 5.41) is 0. The molecule has 0 saturated carbocycles. The Morgan fingerprint density at radius 2 is 2.00 bits per heavy atom. The monoisotopic (exact) mass is 340 g/mol. The minimum atomic E-state index is -4.67. The Morgan fingerprint density at radius 3 is 2.57 bits per heavy atom. The van der Waals surface area contributed by atoms with Gasteiger partial charge in [-0.2, -0.15) is 8.42 Å². The quantitative estimate of drug-likeness (QED) is 0.416. The third kappa shape index (κ3) is 3.78. The van der Waals surface area contributed by atoms with Crippen LogP contribution in [-0.2, 0) is 22.4 Å². The predicted octanol–water partition coefficient (Wildman–Crippen LogP) is 1.34. The van der Waals surface area contributed by atoms with Crippen molar-refractivity contribution in [1.82, 2.24) is 4.98 Å². The van der Waals surface area contributed by atoms with Crippen molar-refractivity contribution < 1.29 is 17.5 Å². The molecule has 2 aliphatic rings. The summed E-state index contributed by atoms with van der Waals surface area (Å²) in [4.78, 5) is 14.4. The third-order valence-electron chi connectivity index (χ3n) is 4.17. The fraction of sp³-hybridized carbons (Fsp3) is 0.400. The summed E-state index contributed by atoms with van der Waals surface area (Å²) in [6.07, 6.45) is 6.11. The van der Waals surface area contributed by atoms with E-state index < -0.39 is 15.9 Å². The van der Waals surface area contributed by atoms with Crippen LogP contribution in [0.1, 0.15) is 31.5 Å². The Balaban J connectivity index is 0.000000338. The Labute approximate surface area is 134 Å². The van der Waals surface area contributed by atoms with Gasteiger partial charge in [0.25, 0.3) is 0 Å². The third-order valence-corrected chi connectivity index (χ3v) is 4.17. The molecular formula is C15H20N2O5S. The molecule has 23 heavy (non-hydrogen) atoms. The van der Waals surface area contributed by atoms with E-state index in [0.29, 0.717) is 5.92 Å². The van der Waals surface area contributed by atoms with Crippen molar-refractivity contribution in [3.05, 3.63) is 57.0 Å². The Morgan fingerprint density at radius 1 is 1.39 bits per heavy atom. The van der Waals surface area contributed by atoms with Gasteiger partial charge < -0.3 is 10.7 Å². The molecule has 0 aliphatic heterocycles. The minimum Gasteiger partial charge on any atom is -0.326 e. The lowest BCUT2D eigenvalue weighted by atomic mass is 9.63. The topological polar surface area (TPSA) is 133 Å². The first kappa shape index (κ1) is 17.6.